The third-order valence-electron chi connectivity index (χ3n) is 1.93. The standard InChI is InChI=1S/C10H10ClF3N2O2S/c1-2-19(17,18)15-16(7-10(12,13)14)9-5-3-8(11)4-6-9/h2-6,15H,1,7H2. The largest absolute Gasteiger partial charge is 0.407 e. The third kappa shape index (κ3) is 5.50. The average molecular weight is 315 g/mol. The van der Waals surface area contributed by atoms with Gasteiger partial charge >= 0.3 is 6.18 Å². The Kier molecular flexibility index (Phi) is 4.83. The van der Waals surface area contributed by atoms with Gasteiger partial charge in [-0.05, 0) is 24.3 Å². The zero-order valence-electron chi connectivity index (χ0n) is 9.48. The minimum atomic E-state index is -4.58. The van der Waals surface area contributed by atoms with Crippen LogP contribution < -0.4 is 9.84 Å². The van der Waals surface area contributed by atoms with Gasteiger partial charge in [0.05, 0.1) is 5.69 Å². The Balaban J connectivity index is 3.05. The first-order valence-electron chi connectivity index (χ1n) is 4.88. The molecule has 0 amide bonds. The molecule has 1 aromatic rings. The first-order valence-corrected chi connectivity index (χ1v) is 6.80. The Morgan fingerprint density at radius 1 is 1.32 bits per heavy atom. The molecule has 1 rings (SSSR count). The number of rotatable bonds is 5. The molecule has 0 heterocycles. The third-order valence-corrected chi connectivity index (χ3v) is 3.10. The SMILES string of the molecule is C=CS(=O)(=O)NN(CC(F)(F)F)c1ccc(Cl)cc1. The van der Waals surface area contributed by atoms with Gasteiger partial charge in [0.25, 0.3) is 0 Å². The second kappa shape index (κ2) is 5.81. The number of anilines is 1. The predicted molar refractivity (Wildman–Crippen MR) is 67.1 cm³/mol. The van der Waals surface area contributed by atoms with Crippen molar-refractivity contribution in [2.45, 2.75) is 6.18 Å². The molecule has 0 fully saturated rings. The summed E-state index contributed by atoms with van der Waals surface area (Å²) < 4.78 is 59.8. The molecule has 4 nitrogen and oxygen atoms in total. The van der Waals surface area contributed by atoms with Crippen LogP contribution in [0.2, 0.25) is 5.02 Å². The number of nitrogens with zero attached hydrogens (tertiary/aromatic N) is 1. The molecule has 0 saturated carbocycles. The van der Waals surface area contributed by atoms with Crippen molar-refractivity contribution in [2.75, 3.05) is 11.6 Å². The van der Waals surface area contributed by atoms with Crippen LogP contribution in [0.25, 0.3) is 0 Å². The molecular formula is C10H10ClF3N2O2S. The van der Waals surface area contributed by atoms with E-state index < -0.39 is 22.7 Å². The number of halogens is 4. The van der Waals surface area contributed by atoms with Crippen LogP contribution in [0.3, 0.4) is 0 Å². The van der Waals surface area contributed by atoms with Gasteiger partial charge in [0.1, 0.15) is 6.54 Å². The maximum Gasteiger partial charge on any atom is 0.407 e. The molecule has 0 saturated heterocycles. The number of hydrogen-bond donors (Lipinski definition) is 1. The van der Waals surface area contributed by atoms with E-state index in [0.717, 1.165) is 0 Å². The van der Waals surface area contributed by atoms with Crippen LogP contribution in [0, 0.1) is 0 Å². The van der Waals surface area contributed by atoms with E-state index in [1.165, 1.54) is 24.3 Å². The van der Waals surface area contributed by atoms with E-state index in [9.17, 15) is 21.6 Å². The van der Waals surface area contributed by atoms with E-state index in [4.69, 9.17) is 11.6 Å². The van der Waals surface area contributed by atoms with Crippen LogP contribution in [0.15, 0.2) is 36.3 Å². The Morgan fingerprint density at radius 2 is 1.84 bits per heavy atom. The van der Waals surface area contributed by atoms with Crippen molar-refractivity contribution in [3.05, 3.63) is 41.3 Å². The lowest BCUT2D eigenvalue weighted by Crippen LogP contribution is -2.46. The van der Waals surface area contributed by atoms with E-state index in [-0.39, 0.29) is 5.69 Å². The monoisotopic (exact) mass is 314 g/mol. The van der Waals surface area contributed by atoms with E-state index in [0.29, 0.717) is 15.4 Å². The molecule has 0 atom stereocenters. The van der Waals surface area contributed by atoms with Gasteiger partial charge < -0.3 is 0 Å². The van der Waals surface area contributed by atoms with E-state index >= 15 is 0 Å². The van der Waals surface area contributed by atoms with E-state index in [2.05, 4.69) is 6.58 Å². The topological polar surface area (TPSA) is 49.4 Å². The number of sulfonamides is 1. The Hall–Kier alpha value is -1.25. The molecule has 0 aliphatic rings. The number of alkyl halides is 3. The minimum Gasteiger partial charge on any atom is -0.286 e. The van der Waals surface area contributed by atoms with Gasteiger partial charge in [-0.25, -0.2) is 8.42 Å². The molecule has 0 bridgehead atoms. The van der Waals surface area contributed by atoms with Crippen LogP contribution in [0.4, 0.5) is 18.9 Å². The summed E-state index contributed by atoms with van der Waals surface area (Å²) >= 11 is 5.61. The molecule has 19 heavy (non-hydrogen) atoms. The normalized spacial score (nSPS) is 12.2. The number of hydrazine groups is 1. The first-order chi connectivity index (χ1) is 8.63. The highest BCUT2D eigenvalue weighted by Crippen LogP contribution is 2.22. The highest BCUT2D eigenvalue weighted by molar-refractivity contribution is 7.92. The molecule has 0 aliphatic heterocycles. The molecule has 1 N–H and O–H groups in total. The average Bonchev–Trinajstić information content (AvgIpc) is 2.27. The van der Waals surface area contributed by atoms with E-state index in [1.54, 1.807) is 4.83 Å². The predicted octanol–water partition coefficient (Wildman–Crippen LogP) is 2.69. The molecule has 0 aliphatic carbocycles. The second-order valence-corrected chi connectivity index (χ2v) is 5.52. The summed E-state index contributed by atoms with van der Waals surface area (Å²) in [4.78, 5) is 1.76. The number of hydrogen-bond acceptors (Lipinski definition) is 3. The van der Waals surface area contributed by atoms with Crippen LogP contribution in [0.1, 0.15) is 0 Å². The summed E-state index contributed by atoms with van der Waals surface area (Å²) in [5.41, 5.74) is 0.00662. The lowest BCUT2D eigenvalue weighted by Gasteiger charge is -2.25. The Bertz CT molecular complexity index is 543. The minimum absolute atomic E-state index is 0.00662. The molecule has 0 spiro atoms. The van der Waals surface area contributed by atoms with Gasteiger partial charge in [-0.1, -0.05) is 18.2 Å². The van der Waals surface area contributed by atoms with Crippen molar-refractivity contribution >= 4 is 27.3 Å². The van der Waals surface area contributed by atoms with Crippen LogP contribution >= 0.6 is 11.6 Å². The van der Waals surface area contributed by atoms with Crippen molar-refractivity contribution in [2.24, 2.45) is 0 Å². The molecular weight excluding hydrogens is 305 g/mol. The summed E-state index contributed by atoms with van der Waals surface area (Å²) in [7, 11) is -4.04. The van der Waals surface area contributed by atoms with Crippen LogP contribution in [-0.4, -0.2) is 21.1 Å². The summed E-state index contributed by atoms with van der Waals surface area (Å²) in [6.07, 6.45) is -4.58. The second-order valence-electron chi connectivity index (χ2n) is 3.48. The molecule has 0 aromatic heterocycles. The molecule has 9 heteroatoms. The van der Waals surface area contributed by atoms with Crippen molar-refractivity contribution in [1.82, 2.24) is 4.83 Å². The van der Waals surface area contributed by atoms with Gasteiger partial charge in [-0.3, -0.25) is 5.01 Å². The van der Waals surface area contributed by atoms with Crippen molar-refractivity contribution < 1.29 is 21.6 Å². The summed E-state index contributed by atoms with van der Waals surface area (Å²) in [5.74, 6) is 0. The molecule has 0 unspecified atom stereocenters. The highest BCUT2D eigenvalue weighted by atomic mass is 35.5. The molecule has 106 valence electrons. The number of nitrogens with one attached hydrogen (secondary N) is 1. The first kappa shape index (κ1) is 15.8. The fourth-order valence-electron chi connectivity index (χ4n) is 1.17. The zero-order valence-corrected chi connectivity index (χ0v) is 11.1. The molecule has 1 aromatic carbocycles. The van der Waals surface area contributed by atoms with Gasteiger partial charge in [0.15, 0.2) is 0 Å². The van der Waals surface area contributed by atoms with Gasteiger partial charge in [-0.15, -0.1) is 4.83 Å². The lowest BCUT2D eigenvalue weighted by atomic mass is 10.3. The van der Waals surface area contributed by atoms with Gasteiger partial charge in [0, 0.05) is 10.4 Å². The Labute approximate surface area is 113 Å². The molecule has 0 radical (unpaired) electrons. The lowest BCUT2D eigenvalue weighted by molar-refractivity contribution is -0.120. The smallest absolute Gasteiger partial charge is 0.286 e. The van der Waals surface area contributed by atoms with E-state index in [1.807, 2.05) is 0 Å². The quantitative estimate of drug-likeness (QED) is 0.850. The van der Waals surface area contributed by atoms with Gasteiger partial charge in [0.2, 0.25) is 10.0 Å². The fraction of sp³-hybridized carbons (Fsp3) is 0.200. The summed E-state index contributed by atoms with van der Waals surface area (Å²) in [6, 6.07) is 5.23. The summed E-state index contributed by atoms with van der Waals surface area (Å²) in [6.45, 7) is 1.53. The van der Waals surface area contributed by atoms with Crippen LogP contribution in [-0.2, 0) is 10.0 Å². The van der Waals surface area contributed by atoms with Gasteiger partial charge in [-0.2, -0.15) is 13.2 Å². The highest BCUT2D eigenvalue weighted by Gasteiger charge is 2.32. The maximum atomic E-state index is 12.4. The fourth-order valence-corrected chi connectivity index (χ4v) is 1.85. The Morgan fingerprint density at radius 3 is 2.26 bits per heavy atom. The number of benzene rings is 1. The van der Waals surface area contributed by atoms with Crippen LogP contribution in [0.5, 0.6) is 0 Å². The van der Waals surface area contributed by atoms with Crippen molar-refractivity contribution in [3.8, 4) is 0 Å². The summed E-state index contributed by atoms with van der Waals surface area (Å²) in [5, 5.41) is 1.29. The van der Waals surface area contributed by atoms with Crippen molar-refractivity contribution in [1.29, 1.82) is 0 Å². The van der Waals surface area contributed by atoms with Crippen molar-refractivity contribution in [3.63, 3.8) is 0 Å². The maximum absolute atomic E-state index is 12.4. The zero-order chi connectivity index (χ0) is 14.7.